The number of allylic oxidation sites excluding steroid dienone is 1. The number of aliphatic hydroxyl groups is 3. The molecule has 2 rings (SSSR count). The number of esters is 1. The Balaban J connectivity index is 2.34. The molecule has 0 bridgehead atoms. The van der Waals surface area contributed by atoms with Crippen molar-refractivity contribution >= 4 is 5.97 Å². The molecule has 3 atom stereocenters. The number of rotatable bonds is 2. The summed E-state index contributed by atoms with van der Waals surface area (Å²) in [6.07, 6.45) is 3.73. The number of aliphatic hydroxyl groups excluding tert-OH is 3. The van der Waals surface area contributed by atoms with Gasteiger partial charge in [0, 0.05) is 5.57 Å². The van der Waals surface area contributed by atoms with Gasteiger partial charge in [-0.05, 0) is 36.5 Å². The number of fused-ring (bicyclic) bond motifs is 1. The summed E-state index contributed by atoms with van der Waals surface area (Å²) in [4.78, 5) is 11.6. The molecule has 0 aromatic rings. The van der Waals surface area contributed by atoms with Gasteiger partial charge >= 0.3 is 5.97 Å². The minimum Gasteiger partial charge on any atom is -0.454 e. The van der Waals surface area contributed by atoms with Crippen molar-refractivity contribution in [1.29, 1.82) is 0 Å². The van der Waals surface area contributed by atoms with Crippen LogP contribution in [-0.4, -0.2) is 46.7 Å². The SMILES string of the molecule is C=C1C(=O)O[C@@H]2/C=C(\CO)CC/C=C(\CO)C[C@H](O)[C@@H]12. The Bertz CT molecular complexity index is 463. The van der Waals surface area contributed by atoms with Crippen molar-refractivity contribution in [3.05, 3.63) is 35.5 Å². The molecule has 3 N–H and O–H groups in total. The van der Waals surface area contributed by atoms with Crippen LogP contribution in [0.4, 0.5) is 0 Å². The number of carbonyl (C=O) groups excluding carboxylic acids is 1. The van der Waals surface area contributed by atoms with Gasteiger partial charge in [-0.15, -0.1) is 0 Å². The van der Waals surface area contributed by atoms with Crippen molar-refractivity contribution in [3.63, 3.8) is 0 Å². The van der Waals surface area contributed by atoms with Crippen molar-refractivity contribution in [2.24, 2.45) is 5.92 Å². The molecule has 110 valence electrons. The van der Waals surface area contributed by atoms with Crippen molar-refractivity contribution in [2.75, 3.05) is 13.2 Å². The van der Waals surface area contributed by atoms with Crippen LogP contribution >= 0.6 is 0 Å². The molecular weight excluding hydrogens is 260 g/mol. The molecule has 1 fully saturated rings. The monoisotopic (exact) mass is 280 g/mol. The fourth-order valence-electron chi connectivity index (χ4n) is 2.71. The van der Waals surface area contributed by atoms with Crippen LogP contribution < -0.4 is 0 Å². The van der Waals surface area contributed by atoms with Crippen LogP contribution in [0.5, 0.6) is 0 Å². The minimum absolute atomic E-state index is 0.119. The molecule has 1 heterocycles. The summed E-state index contributed by atoms with van der Waals surface area (Å²) in [6, 6.07) is 0. The van der Waals surface area contributed by atoms with Gasteiger partial charge in [-0.25, -0.2) is 4.79 Å². The molecule has 0 amide bonds. The van der Waals surface area contributed by atoms with Crippen LogP contribution in [-0.2, 0) is 9.53 Å². The second-order valence-electron chi connectivity index (χ2n) is 5.23. The molecule has 1 aliphatic heterocycles. The molecule has 0 radical (unpaired) electrons. The quantitative estimate of drug-likeness (QED) is 0.389. The highest BCUT2D eigenvalue weighted by Gasteiger charge is 2.42. The Morgan fingerprint density at radius 1 is 1.30 bits per heavy atom. The maximum Gasteiger partial charge on any atom is 0.334 e. The Hall–Kier alpha value is -1.43. The van der Waals surface area contributed by atoms with E-state index in [-0.39, 0.29) is 25.2 Å². The second kappa shape index (κ2) is 6.35. The van der Waals surface area contributed by atoms with E-state index < -0.39 is 24.1 Å². The van der Waals surface area contributed by atoms with E-state index in [2.05, 4.69) is 6.58 Å². The predicted octanol–water partition coefficient (Wildman–Crippen LogP) is 0.466. The van der Waals surface area contributed by atoms with E-state index in [0.717, 1.165) is 11.1 Å². The largest absolute Gasteiger partial charge is 0.454 e. The van der Waals surface area contributed by atoms with Crippen LogP contribution in [0, 0.1) is 5.92 Å². The average molecular weight is 280 g/mol. The van der Waals surface area contributed by atoms with Crippen LogP contribution in [0.25, 0.3) is 0 Å². The first-order valence-corrected chi connectivity index (χ1v) is 6.73. The third kappa shape index (κ3) is 3.00. The Labute approximate surface area is 117 Å². The predicted molar refractivity (Wildman–Crippen MR) is 72.7 cm³/mol. The molecule has 0 spiro atoms. The molecule has 0 aromatic carbocycles. The maximum absolute atomic E-state index is 11.6. The van der Waals surface area contributed by atoms with Crippen LogP contribution in [0.1, 0.15) is 19.3 Å². The summed E-state index contributed by atoms with van der Waals surface area (Å²) >= 11 is 0. The van der Waals surface area contributed by atoms with Crippen LogP contribution in [0.2, 0.25) is 0 Å². The maximum atomic E-state index is 11.6. The smallest absolute Gasteiger partial charge is 0.334 e. The van der Waals surface area contributed by atoms with Gasteiger partial charge < -0.3 is 20.1 Å². The summed E-state index contributed by atoms with van der Waals surface area (Å²) in [5.74, 6) is -1.04. The summed E-state index contributed by atoms with van der Waals surface area (Å²) in [5.41, 5.74) is 1.72. The molecule has 5 heteroatoms. The minimum atomic E-state index is -0.841. The zero-order valence-electron chi connectivity index (χ0n) is 11.3. The third-order valence-corrected chi connectivity index (χ3v) is 3.85. The molecule has 0 saturated carbocycles. The third-order valence-electron chi connectivity index (χ3n) is 3.85. The lowest BCUT2D eigenvalue weighted by molar-refractivity contribution is -0.137. The van der Waals surface area contributed by atoms with Gasteiger partial charge in [-0.1, -0.05) is 12.7 Å². The molecule has 5 nitrogen and oxygen atoms in total. The fourth-order valence-corrected chi connectivity index (χ4v) is 2.71. The standard InChI is InChI=1S/C15H20O5/c1-9-14-12(18)5-10(7-16)3-2-4-11(8-17)6-13(14)20-15(9)19/h3,6,12-14,16-18H,1-2,4-5,7-8H2/b10-3-,11-6-/t12-,13+,14+/m0/s1. The second-order valence-corrected chi connectivity index (χ2v) is 5.23. The summed E-state index contributed by atoms with van der Waals surface area (Å²) in [6.45, 7) is 3.44. The normalized spacial score (nSPS) is 36.5. The highest BCUT2D eigenvalue weighted by Crippen LogP contribution is 2.34. The molecular formula is C15H20O5. The number of ether oxygens (including phenoxy) is 1. The van der Waals surface area contributed by atoms with E-state index in [1.165, 1.54) is 0 Å². The van der Waals surface area contributed by atoms with Gasteiger partial charge in [0.15, 0.2) is 0 Å². The van der Waals surface area contributed by atoms with E-state index in [1.807, 2.05) is 6.08 Å². The van der Waals surface area contributed by atoms with Crippen molar-refractivity contribution < 1.29 is 24.9 Å². The van der Waals surface area contributed by atoms with E-state index in [0.29, 0.717) is 12.8 Å². The summed E-state index contributed by atoms with van der Waals surface area (Å²) in [5, 5.41) is 29.0. The molecule has 0 unspecified atom stereocenters. The van der Waals surface area contributed by atoms with E-state index in [9.17, 15) is 20.1 Å². The zero-order valence-corrected chi connectivity index (χ0v) is 11.3. The highest BCUT2D eigenvalue weighted by atomic mass is 16.6. The van der Waals surface area contributed by atoms with E-state index >= 15 is 0 Å². The number of hydrogen-bond donors (Lipinski definition) is 3. The highest BCUT2D eigenvalue weighted by molar-refractivity contribution is 5.91. The first kappa shape index (κ1) is 15.0. The van der Waals surface area contributed by atoms with E-state index in [1.54, 1.807) is 6.08 Å². The molecule has 1 saturated heterocycles. The summed E-state index contributed by atoms with van der Waals surface area (Å²) in [7, 11) is 0. The first-order valence-electron chi connectivity index (χ1n) is 6.73. The Morgan fingerprint density at radius 2 is 2.00 bits per heavy atom. The topological polar surface area (TPSA) is 87.0 Å². The molecule has 0 aromatic heterocycles. The Morgan fingerprint density at radius 3 is 2.65 bits per heavy atom. The van der Waals surface area contributed by atoms with E-state index in [4.69, 9.17) is 4.74 Å². The summed E-state index contributed by atoms with van der Waals surface area (Å²) < 4.78 is 5.21. The van der Waals surface area contributed by atoms with Crippen molar-refractivity contribution in [1.82, 2.24) is 0 Å². The van der Waals surface area contributed by atoms with Crippen LogP contribution in [0.15, 0.2) is 35.5 Å². The van der Waals surface area contributed by atoms with Gasteiger partial charge in [0.05, 0.1) is 25.2 Å². The van der Waals surface area contributed by atoms with Gasteiger partial charge in [0.25, 0.3) is 0 Å². The first-order chi connectivity index (χ1) is 9.56. The molecule has 1 aliphatic carbocycles. The Kier molecular flexibility index (Phi) is 4.75. The number of hydrogen-bond acceptors (Lipinski definition) is 5. The lowest BCUT2D eigenvalue weighted by atomic mass is 9.85. The average Bonchev–Trinajstić information content (AvgIpc) is 2.71. The fraction of sp³-hybridized carbons (Fsp3) is 0.533. The van der Waals surface area contributed by atoms with Crippen molar-refractivity contribution in [2.45, 2.75) is 31.5 Å². The zero-order chi connectivity index (χ0) is 14.7. The lowest BCUT2D eigenvalue weighted by Gasteiger charge is -2.23. The lowest BCUT2D eigenvalue weighted by Crippen LogP contribution is -2.29. The molecule has 20 heavy (non-hydrogen) atoms. The van der Waals surface area contributed by atoms with Crippen LogP contribution in [0.3, 0.4) is 0 Å². The number of carbonyl (C=O) groups is 1. The van der Waals surface area contributed by atoms with Gasteiger partial charge in [0.2, 0.25) is 0 Å². The van der Waals surface area contributed by atoms with Gasteiger partial charge in [0.1, 0.15) is 6.10 Å². The molecule has 2 aliphatic rings. The van der Waals surface area contributed by atoms with Crippen molar-refractivity contribution in [3.8, 4) is 0 Å². The van der Waals surface area contributed by atoms with Gasteiger partial charge in [-0.2, -0.15) is 0 Å². The van der Waals surface area contributed by atoms with Gasteiger partial charge in [-0.3, -0.25) is 0 Å².